The van der Waals surface area contributed by atoms with Crippen molar-refractivity contribution < 1.29 is 14.3 Å². The third-order valence-electron chi connectivity index (χ3n) is 5.73. The molecule has 4 heterocycles. The molecule has 2 atom stereocenters. The lowest BCUT2D eigenvalue weighted by atomic mass is 10.0. The molecule has 0 aliphatic carbocycles. The highest BCUT2D eigenvalue weighted by atomic mass is 16.5. The summed E-state index contributed by atoms with van der Waals surface area (Å²) in [5.41, 5.74) is 2.26. The van der Waals surface area contributed by atoms with E-state index in [1.54, 1.807) is 12.3 Å². The number of fused-ring (bicyclic) bond motifs is 2. The Bertz CT molecular complexity index is 1020. The van der Waals surface area contributed by atoms with Crippen LogP contribution in [0.3, 0.4) is 0 Å². The van der Waals surface area contributed by atoms with Crippen molar-refractivity contribution in [2.24, 2.45) is 11.8 Å². The molecule has 2 aliphatic heterocycles. The molecule has 0 radical (unpaired) electrons. The highest BCUT2D eigenvalue weighted by Crippen LogP contribution is 2.35. The molecule has 2 N–H and O–H groups in total. The fourth-order valence-electron chi connectivity index (χ4n) is 4.24. The molecular formula is C21H22N4O3. The summed E-state index contributed by atoms with van der Waals surface area (Å²) < 4.78 is 11.0. The number of rotatable bonds is 4. The molecule has 0 spiro atoms. The Labute approximate surface area is 162 Å². The fourth-order valence-corrected chi connectivity index (χ4v) is 4.24. The van der Waals surface area contributed by atoms with Crippen LogP contribution in [0.1, 0.15) is 10.4 Å². The molecule has 2 fully saturated rings. The van der Waals surface area contributed by atoms with Gasteiger partial charge in [0.05, 0.1) is 13.3 Å². The lowest BCUT2D eigenvalue weighted by Gasteiger charge is -2.21. The molecule has 0 amide bonds. The van der Waals surface area contributed by atoms with E-state index in [1.165, 1.54) is 7.11 Å². The number of esters is 1. The van der Waals surface area contributed by atoms with E-state index in [9.17, 15) is 4.79 Å². The van der Waals surface area contributed by atoms with Gasteiger partial charge < -0.3 is 24.7 Å². The predicted octanol–water partition coefficient (Wildman–Crippen LogP) is 2.80. The monoisotopic (exact) mass is 378 g/mol. The molecule has 0 saturated carbocycles. The largest absolute Gasteiger partial charge is 0.465 e. The van der Waals surface area contributed by atoms with Crippen LogP contribution in [0.5, 0.6) is 11.5 Å². The van der Waals surface area contributed by atoms with Crippen LogP contribution in [0.4, 0.5) is 5.69 Å². The van der Waals surface area contributed by atoms with E-state index in [-0.39, 0.29) is 0 Å². The van der Waals surface area contributed by atoms with Crippen LogP contribution in [0, 0.1) is 11.8 Å². The van der Waals surface area contributed by atoms with Gasteiger partial charge >= 0.3 is 5.97 Å². The minimum absolute atomic E-state index is 0.404. The Morgan fingerprint density at radius 2 is 2.00 bits per heavy atom. The maximum absolute atomic E-state index is 12.2. The average molecular weight is 378 g/mol. The first-order valence-electron chi connectivity index (χ1n) is 9.50. The number of nitrogens with one attached hydrogen (secondary N) is 2. The third-order valence-corrected chi connectivity index (χ3v) is 5.73. The molecule has 7 nitrogen and oxygen atoms in total. The van der Waals surface area contributed by atoms with Crippen molar-refractivity contribution in [2.45, 2.75) is 0 Å². The number of carbonyl (C=O) groups excluding carboxylic acids is 1. The molecule has 144 valence electrons. The minimum atomic E-state index is -0.417. The van der Waals surface area contributed by atoms with E-state index >= 15 is 0 Å². The smallest absolute Gasteiger partial charge is 0.341 e. The Morgan fingerprint density at radius 3 is 2.79 bits per heavy atom. The number of hydrogen-bond donors (Lipinski definition) is 2. The standard InChI is InChI=1S/C21H22N4O3/c1-27-21(26)18-3-2-16(25-11-14-8-22-9-15(14)12-25)7-19(18)28-17-6-13-4-5-23-20(13)24-10-17/h2-7,10,14-15,22H,8-9,11-12H2,1H3,(H,23,24). The zero-order valence-electron chi connectivity index (χ0n) is 15.6. The van der Waals surface area contributed by atoms with E-state index in [0.29, 0.717) is 28.9 Å². The van der Waals surface area contributed by atoms with Crippen LogP contribution < -0.4 is 15.0 Å². The Balaban J connectivity index is 1.47. The van der Waals surface area contributed by atoms with Crippen LogP contribution in [0.25, 0.3) is 11.0 Å². The highest BCUT2D eigenvalue weighted by molar-refractivity contribution is 5.93. The molecule has 0 bridgehead atoms. The molecule has 5 rings (SSSR count). The molecule has 2 aromatic heterocycles. The molecule has 2 unspecified atom stereocenters. The summed E-state index contributed by atoms with van der Waals surface area (Å²) in [5.74, 6) is 2.02. The van der Waals surface area contributed by atoms with E-state index in [2.05, 4.69) is 20.2 Å². The van der Waals surface area contributed by atoms with Gasteiger partial charge in [-0.05, 0) is 36.1 Å². The van der Waals surface area contributed by atoms with Crippen LogP contribution >= 0.6 is 0 Å². The van der Waals surface area contributed by atoms with Gasteiger partial charge in [-0.2, -0.15) is 0 Å². The normalized spacial score (nSPS) is 21.1. The van der Waals surface area contributed by atoms with Crippen LogP contribution in [-0.2, 0) is 4.74 Å². The number of methoxy groups -OCH3 is 1. The SMILES string of the molecule is COC(=O)c1ccc(N2CC3CNCC3C2)cc1Oc1cnc2[nH]ccc2c1. The molecule has 28 heavy (non-hydrogen) atoms. The van der Waals surface area contributed by atoms with Crippen molar-refractivity contribution in [3.8, 4) is 11.5 Å². The van der Waals surface area contributed by atoms with Crippen LogP contribution in [0.2, 0.25) is 0 Å². The van der Waals surface area contributed by atoms with Gasteiger partial charge in [0.25, 0.3) is 0 Å². The second-order valence-electron chi connectivity index (χ2n) is 7.44. The number of anilines is 1. The number of pyridine rings is 1. The quantitative estimate of drug-likeness (QED) is 0.680. The second-order valence-corrected chi connectivity index (χ2v) is 7.44. The molecule has 2 aliphatic rings. The first-order valence-corrected chi connectivity index (χ1v) is 9.50. The summed E-state index contributed by atoms with van der Waals surface area (Å²) in [6.45, 7) is 4.19. The Kier molecular flexibility index (Phi) is 4.16. The van der Waals surface area contributed by atoms with Gasteiger partial charge in [0.2, 0.25) is 0 Å². The summed E-state index contributed by atoms with van der Waals surface area (Å²) in [5, 5.41) is 4.41. The summed E-state index contributed by atoms with van der Waals surface area (Å²) in [6, 6.07) is 9.52. The average Bonchev–Trinajstić information content (AvgIpc) is 3.42. The number of ether oxygens (including phenoxy) is 2. The van der Waals surface area contributed by atoms with Crippen molar-refractivity contribution in [1.82, 2.24) is 15.3 Å². The van der Waals surface area contributed by atoms with Crippen molar-refractivity contribution in [1.29, 1.82) is 0 Å². The third kappa shape index (κ3) is 2.97. The van der Waals surface area contributed by atoms with E-state index in [0.717, 1.165) is 42.9 Å². The summed E-state index contributed by atoms with van der Waals surface area (Å²) in [7, 11) is 1.38. The summed E-state index contributed by atoms with van der Waals surface area (Å²) >= 11 is 0. The zero-order valence-corrected chi connectivity index (χ0v) is 15.6. The van der Waals surface area contributed by atoms with Gasteiger partial charge in [0.1, 0.15) is 22.7 Å². The number of hydrogen-bond acceptors (Lipinski definition) is 6. The topological polar surface area (TPSA) is 79.5 Å². The number of benzene rings is 1. The molecule has 3 aromatic rings. The van der Waals surface area contributed by atoms with E-state index in [4.69, 9.17) is 9.47 Å². The van der Waals surface area contributed by atoms with Crippen molar-refractivity contribution in [3.63, 3.8) is 0 Å². The lowest BCUT2D eigenvalue weighted by Crippen LogP contribution is -2.25. The number of aromatic nitrogens is 2. The van der Waals surface area contributed by atoms with E-state index < -0.39 is 5.97 Å². The summed E-state index contributed by atoms with van der Waals surface area (Å²) in [4.78, 5) is 22.0. The first-order chi connectivity index (χ1) is 13.7. The molecule has 2 saturated heterocycles. The van der Waals surface area contributed by atoms with Crippen molar-refractivity contribution in [3.05, 3.63) is 48.3 Å². The van der Waals surface area contributed by atoms with E-state index in [1.807, 2.05) is 30.5 Å². The second kappa shape index (κ2) is 6.83. The number of H-pyrrole nitrogens is 1. The van der Waals surface area contributed by atoms with Gasteiger partial charge in [-0.15, -0.1) is 0 Å². The van der Waals surface area contributed by atoms with Crippen molar-refractivity contribution >= 4 is 22.7 Å². The molecule has 7 heteroatoms. The van der Waals surface area contributed by atoms with Gasteiger partial charge in [-0.1, -0.05) is 0 Å². The van der Waals surface area contributed by atoms with Gasteiger partial charge in [0.15, 0.2) is 0 Å². The minimum Gasteiger partial charge on any atom is -0.465 e. The predicted molar refractivity (Wildman–Crippen MR) is 106 cm³/mol. The summed E-state index contributed by atoms with van der Waals surface area (Å²) in [6.07, 6.45) is 3.49. The number of aromatic amines is 1. The fraction of sp³-hybridized carbons (Fsp3) is 0.333. The molecule has 1 aromatic carbocycles. The van der Waals surface area contributed by atoms with Crippen LogP contribution in [0.15, 0.2) is 42.7 Å². The highest BCUT2D eigenvalue weighted by Gasteiger charge is 2.36. The van der Waals surface area contributed by atoms with Gasteiger partial charge in [-0.25, -0.2) is 9.78 Å². The lowest BCUT2D eigenvalue weighted by molar-refractivity contribution is 0.0598. The van der Waals surface area contributed by atoms with Gasteiger partial charge in [0, 0.05) is 49.5 Å². The Hall–Kier alpha value is -3.06. The Morgan fingerprint density at radius 1 is 1.18 bits per heavy atom. The number of nitrogens with zero attached hydrogens (tertiary/aromatic N) is 2. The molecular weight excluding hydrogens is 356 g/mol. The first kappa shape index (κ1) is 17.1. The maximum atomic E-state index is 12.2. The maximum Gasteiger partial charge on any atom is 0.341 e. The van der Waals surface area contributed by atoms with Crippen LogP contribution in [-0.4, -0.2) is 49.2 Å². The zero-order chi connectivity index (χ0) is 19.1. The van der Waals surface area contributed by atoms with Gasteiger partial charge in [-0.3, -0.25) is 0 Å². The van der Waals surface area contributed by atoms with Crippen molar-refractivity contribution in [2.75, 3.05) is 38.2 Å². The number of carbonyl (C=O) groups is 1.